The smallest absolute Gasteiger partial charge is 0.294 e. The van der Waals surface area contributed by atoms with Crippen molar-refractivity contribution >= 4 is 75.5 Å². The van der Waals surface area contributed by atoms with Gasteiger partial charge < -0.3 is 5.32 Å². The number of halogens is 2. The molecule has 33 heavy (non-hydrogen) atoms. The number of carbonyl (C=O) groups is 3. The molecule has 1 heterocycles. The van der Waals surface area contributed by atoms with Crippen molar-refractivity contribution in [3.05, 3.63) is 93.3 Å². The molecular formula is C24H16Cl2N2O3S2. The molecule has 4 rings (SSSR count). The lowest BCUT2D eigenvalue weighted by Gasteiger charge is -2.12. The first-order valence-electron chi connectivity index (χ1n) is 9.72. The maximum atomic E-state index is 12.7. The summed E-state index contributed by atoms with van der Waals surface area (Å²) < 4.78 is 0. The van der Waals surface area contributed by atoms with Gasteiger partial charge in [-0.2, -0.15) is 0 Å². The summed E-state index contributed by atoms with van der Waals surface area (Å²) >= 11 is 14.2. The molecule has 1 aliphatic rings. The third-order valence-corrected chi connectivity index (χ3v) is 6.92. The van der Waals surface area contributed by atoms with Crippen molar-refractivity contribution in [1.29, 1.82) is 0 Å². The fourth-order valence-electron chi connectivity index (χ4n) is 2.97. The van der Waals surface area contributed by atoms with E-state index < -0.39 is 17.1 Å². The number of imide groups is 1. The third-order valence-electron chi connectivity index (χ3n) is 4.51. The third kappa shape index (κ3) is 6.21. The van der Waals surface area contributed by atoms with Crippen LogP contribution in [0.2, 0.25) is 10.0 Å². The number of anilines is 1. The van der Waals surface area contributed by atoms with Crippen LogP contribution in [0.4, 0.5) is 10.5 Å². The lowest BCUT2D eigenvalue weighted by atomic mass is 10.2. The lowest BCUT2D eigenvalue weighted by Crippen LogP contribution is -2.36. The fourth-order valence-corrected chi connectivity index (χ4v) is 4.94. The van der Waals surface area contributed by atoms with Gasteiger partial charge in [0.15, 0.2) is 0 Å². The number of rotatable bonds is 6. The summed E-state index contributed by atoms with van der Waals surface area (Å²) in [5.41, 5.74) is 1.27. The Hall–Kier alpha value is -2.71. The number of hydrogen-bond acceptors (Lipinski definition) is 5. The van der Waals surface area contributed by atoms with Gasteiger partial charge in [0.1, 0.15) is 6.54 Å². The predicted octanol–water partition coefficient (Wildman–Crippen LogP) is 6.82. The maximum absolute atomic E-state index is 12.7. The second kappa shape index (κ2) is 10.5. The number of carbonyl (C=O) groups excluding carboxylic acids is 3. The van der Waals surface area contributed by atoms with Crippen LogP contribution in [-0.2, 0) is 9.59 Å². The van der Waals surface area contributed by atoms with E-state index >= 15 is 0 Å². The Bertz CT molecular complexity index is 1250. The number of thioether (sulfide) groups is 1. The maximum Gasteiger partial charge on any atom is 0.294 e. The Morgan fingerprint density at radius 2 is 1.61 bits per heavy atom. The molecule has 0 saturated carbocycles. The zero-order valence-electron chi connectivity index (χ0n) is 17.0. The minimum Gasteiger partial charge on any atom is -0.324 e. The number of amides is 3. The van der Waals surface area contributed by atoms with Crippen LogP contribution in [0.1, 0.15) is 5.56 Å². The molecule has 0 aliphatic carbocycles. The molecule has 0 radical (unpaired) electrons. The first kappa shape index (κ1) is 23.4. The van der Waals surface area contributed by atoms with Gasteiger partial charge in [-0.05, 0) is 78.0 Å². The first-order chi connectivity index (χ1) is 15.9. The predicted molar refractivity (Wildman–Crippen MR) is 135 cm³/mol. The summed E-state index contributed by atoms with van der Waals surface area (Å²) in [7, 11) is 0. The van der Waals surface area contributed by atoms with E-state index in [2.05, 4.69) is 5.32 Å². The molecule has 1 N–H and O–H groups in total. The molecule has 1 aliphatic heterocycles. The molecule has 1 saturated heterocycles. The average molecular weight is 515 g/mol. The minimum absolute atomic E-state index is 0.272. The van der Waals surface area contributed by atoms with Crippen LogP contribution in [0.5, 0.6) is 0 Å². The van der Waals surface area contributed by atoms with Gasteiger partial charge >= 0.3 is 0 Å². The molecule has 3 amide bonds. The fraction of sp³-hybridized carbons (Fsp3) is 0.0417. The molecule has 166 valence electrons. The monoisotopic (exact) mass is 514 g/mol. The van der Waals surface area contributed by atoms with E-state index in [9.17, 15) is 14.4 Å². The van der Waals surface area contributed by atoms with Crippen molar-refractivity contribution in [3.63, 3.8) is 0 Å². The van der Waals surface area contributed by atoms with Crippen molar-refractivity contribution in [2.75, 3.05) is 11.9 Å². The second-order valence-electron chi connectivity index (χ2n) is 6.95. The molecule has 5 nitrogen and oxygen atoms in total. The summed E-state index contributed by atoms with van der Waals surface area (Å²) in [6.07, 6.45) is 1.65. The summed E-state index contributed by atoms with van der Waals surface area (Å²) in [5.74, 6) is -0.977. The van der Waals surface area contributed by atoms with Crippen LogP contribution >= 0.6 is 46.7 Å². The van der Waals surface area contributed by atoms with Crippen LogP contribution in [0, 0.1) is 0 Å². The molecule has 0 bridgehead atoms. The quantitative estimate of drug-likeness (QED) is 0.365. The van der Waals surface area contributed by atoms with Crippen molar-refractivity contribution in [3.8, 4) is 0 Å². The molecular weight excluding hydrogens is 499 g/mol. The Kier molecular flexibility index (Phi) is 7.45. The van der Waals surface area contributed by atoms with Gasteiger partial charge in [0, 0.05) is 25.5 Å². The summed E-state index contributed by atoms with van der Waals surface area (Å²) in [6.45, 7) is -0.370. The molecule has 0 unspecified atom stereocenters. The van der Waals surface area contributed by atoms with Crippen LogP contribution in [0.25, 0.3) is 6.08 Å². The number of benzene rings is 3. The van der Waals surface area contributed by atoms with Crippen LogP contribution in [0.3, 0.4) is 0 Å². The van der Waals surface area contributed by atoms with Crippen molar-refractivity contribution in [2.24, 2.45) is 0 Å². The van der Waals surface area contributed by atoms with Gasteiger partial charge in [-0.3, -0.25) is 19.3 Å². The number of hydrogen-bond donors (Lipinski definition) is 1. The molecule has 0 spiro atoms. The van der Waals surface area contributed by atoms with E-state index in [1.165, 1.54) is 0 Å². The van der Waals surface area contributed by atoms with E-state index in [1.807, 2.05) is 48.5 Å². The lowest BCUT2D eigenvalue weighted by molar-refractivity contribution is -0.127. The Morgan fingerprint density at radius 3 is 2.27 bits per heavy atom. The van der Waals surface area contributed by atoms with Gasteiger partial charge in [0.25, 0.3) is 11.1 Å². The summed E-state index contributed by atoms with van der Waals surface area (Å²) in [6, 6.07) is 21.8. The van der Waals surface area contributed by atoms with Gasteiger partial charge in [-0.1, -0.05) is 53.2 Å². The highest BCUT2D eigenvalue weighted by Crippen LogP contribution is 2.33. The van der Waals surface area contributed by atoms with Crippen LogP contribution < -0.4 is 5.32 Å². The normalized spacial score (nSPS) is 14.7. The largest absolute Gasteiger partial charge is 0.324 e. The first-order valence-corrected chi connectivity index (χ1v) is 12.1. The van der Waals surface area contributed by atoms with Crippen LogP contribution in [-0.4, -0.2) is 28.5 Å². The Labute approximate surface area is 209 Å². The van der Waals surface area contributed by atoms with Gasteiger partial charge in [-0.15, -0.1) is 0 Å². The zero-order chi connectivity index (χ0) is 23.4. The second-order valence-corrected chi connectivity index (χ2v) is 9.96. The van der Waals surface area contributed by atoms with Crippen LogP contribution in [0.15, 0.2) is 87.5 Å². The molecule has 1 fully saturated rings. The molecule has 0 aromatic heterocycles. The zero-order valence-corrected chi connectivity index (χ0v) is 20.1. The SMILES string of the molecule is O=C(CN1C(=O)S/C(=C\c2ccc(Sc3ccc(Cl)cc3)cc2)C1=O)Nc1cccc(Cl)c1. The minimum atomic E-state index is -0.495. The Balaban J connectivity index is 1.39. The highest BCUT2D eigenvalue weighted by molar-refractivity contribution is 8.18. The summed E-state index contributed by atoms with van der Waals surface area (Å²) in [5, 5.41) is 3.31. The van der Waals surface area contributed by atoms with E-state index in [0.29, 0.717) is 15.7 Å². The van der Waals surface area contributed by atoms with Crippen molar-refractivity contribution in [1.82, 2.24) is 4.90 Å². The standard InChI is InChI=1S/C24H16Cl2N2O3S2/c25-16-6-10-20(11-7-16)32-19-8-4-15(5-9-19)12-21-23(30)28(24(31)33-21)14-22(29)27-18-3-1-2-17(26)13-18/h1-13H,14H2,(H,27,29)/b21-12-. The number of nitrogens with zero attached hydrogens (tertiary/aromatic N) is 1. The highest BCUT2D eigenvalue weighted by Gasteiger charge is 2.36. The average Bonchev–Trinajstić information content (AvgIpc) is 3.04. The summed E-state index contributed by atoms with van der Waals surface area (Å²) in [4.78, 5) is 40.6. The molecule has 3 aromatic carbocycles. The highest BCUT2D eigenvalue weighted by atomic mass is 35.5. The van der Waals surface area contributed by atoms with E-state index in [1.54, 1.807) is 42.1 Å². The van der Waals surface area contributed by atoms with Crippen molar-refractivity contribution < 1.29 is 14.4 Å². The van der Waals surface area contributed by atoms with E-state index in [4.69, 9.17) is 23.2 Å². The Morgan fingerprint density at radius 1 is 0.939 bits per heavy atom. The molecule has 0 atom stereocenters. The van der Waals surface area contributed by atoms with Gasteiger partial charge in [0.2, 0.25) is 5.91 Å². The molecule has 3 aromatic rings. The topological polar surface area (TPSA) is 66.5 Å². The van der Waals surface area contributed by atoms with E-state index in [-0.39, 0.29) is 11.4 Å². The van der Waals surface area contributed by atoms with E-state index in [0.717, 1.165) is 32.0 Å². The van der Waals surface area contributed by atoms with Crippen molar-refractivity contribution in [2.45, 2.75) is 9.79 Å². The van der Waals surface area contributed by atoms with Gasteiger partial charge in [0.05, 0.1) is 4.91 Å². The number of nitrogens with one attached hydrogen (secondary N) is 1. The van der Waals surface area contributed by atoms with Gasteiger partial charge in [-0.25, -0.2) is 0 Å². The molecule has 9 heteroatoms.